The number of aromatic nitrogens is 2. The lowest BCUT2D eigenvalue weighted by atomic mass is 10.0. The van der Waals surface area contributed by atoms with Crippen LogP contribution in [0.4, 0.5) is 4.79 Å². The number of amides is 2. The third-order valence-electron chi connectivity index (χ3n) is 4.08. The van der Waals surface area contributed by atoms with Crippen LogP contribution in [0.5, 0.6) is 0 Å². The molecule has 1 aromatic heterocycles. The molecule has 3 rings (SSSR count). The number of rotatable bonds is 2. The molecule has 0 saturated carbocycles. The molecule has 0 atom stereocenters. The highest BCUT2D eigenvalue weighted by Crippen LogP contribution is 2.24. The van der Waals surface area contributed by atoms with Crippen molar-refractivity contribution in [1.29, 1.82) is 0 Å². The predicted octanol–water partition coefficient (Wildman–Crippen LogP) is 1.31. The van der Waals surface area contributed by atoms with Gasteiger partial charge in [0.2, 0.25) is 0 Å². The molecule has 114 valence electrons. The van der Waals surface area contributed by atoms with E-state index in [0.717, 1.165) is 23.9 Å². The summed E-state index contributed by atoms with van der Waals surface area (Å²) in [5.41, 5.74) is 1.68. The van der Waals surface area contributed by atoms with E-state index < -0.39 is 0 Å². The summed E-state index contributed by atoms with van der Waals surface area (Å²) in [4.78, 5) is 28.7. The van der Waals surface area contributed by atoms with Crippen LogP contribution in [0.3, 0.4) is 0 Å². The van der Waals surface area contributed by atoms with Crippen LogP contribution in [0.1, 0.15) is 18.9 Å². The van der Waals surface area contributed by atoms with Gasteiger partial charge in [0, 0.05) is 19.1 Å². The van der Waals surface area contributed by atoms with E-state index in [9.17, 15) is 9.59 Å². The molecule has 6 nitrogen and oxygen atoms in total. The fourth-order valence-electron chi connectivity index (χ4n) is 3.00. The van der Waals surface area contributed by atoms with Crippen molar-refractivity contribution in [2.75, 3.05) is 19.6 Å². The van der Waals surface area contributed by atoms with Crippen LogP contribution in [0.2, 0.25) is 0 Å². The number of nitrogens with zero attached hydrogens (tertiary/aromatic N) is 2. The molecule has 1 fully saturated rings. The number of para-hydroxylation sites is 2. The standard InChI is InChI=1S/C16H18N4O2/c1-2-9-17-15(21)19-10-7-12(8-11-19)20-14-6-4-3-5-13(14)18-16(20)22/h1,3-6,12H,7-11H2,(H,17,21)(H,18,22). The molecule has 6 heteroatoms. The number of terminal acetylenes is 1. The average Bonchev–Trinajstić information content (AvgIpc) is 2.88. The lowest BCUT2D eigenvalue weighted by molar-refractivity contribution is 0.173. The third-order valence-corrected chi connectivity index (χ3v) is 4.08. The first-order chi connectivity index (χ1) is 10.7. The van der Waals surface area contributed by atoms with Gasteiger partial charge in [-0.3, -0.25) is 4.57 Å². The molecule has 2 N–H and O–H groups in total. The zero-order valence-electron chi connectivity index (χ0n) is 12.2. The van der Waals surface area contributed by atoms with Gasteiger partial charge in [-0.2, -0.15) is 0 Å². The van der Waals surface area contributed by atoms with E-state index in [2.05, 4.69) is 16.2 Å². The van der Waals surface area contributed by atoms with Gasteiger partial charge in [-0.25, -0.2) is 9.59 Å². The lowest BCUT2D eigenvalue weighted by Crippen LogP contribution is -2.45. The second-order valence-corrected chi connectivity index (χ2v) is 5.40. The Hall–Kier alpha value is -2.68. The molecule has 0 aliphatic carbocycles. The molecule has 1 aromatic carbocycles. The van der Waals surface area contributed by atoms with Crippen LogP contribution in [-0.2, 0) is 0 Å². The van der Waals surface area contributed by atoms with Crippen LogP contribution < -0.4 is 11.0 Å². The van der Waals surface area contributed by atoms with Crippen molar-refractivity contribution < 1.29 is 4.79 Å². The fraction of sp³-hybridized carbons (Fsp3) is 0.375. The van der Waals surface area contributed by atoms with Gasteiger partial charge in [-0.15, -0.1) is 6.42 Å². The summed E-state index contributed by atoms with van der Waals surface area (Å²) in [7, 11) is 0. The minimum atomic E-state index is -0.136. The lowest BCUT2D eigenvalue weighted by Gasteiger charge is -2.32. The van der Waals surface area contributed by atoms with Crippen molar-refractivity contribution in [3.63, 3.8) is 0 Å². The minimum absolute atomic E-state index is 0.0866. The Morgan fingerprint density at radius 1 is 1.36 bits per heavy atom. The molecule has 1 aliphatic rings. The number of imidazole rings is 1. The summed E-state index contributed by atoms with van der Waals surface area (Å²) in [6, 6.07) is 7.65. The normalized spacial score (nSPS) is 15.7. The molecule has 2 heterocycles. The largest absolute Gasteiger partial charge is 0.327 e. The summed E-state index contributed by atoms with van der Waals surface area (Å²) in [5.74, 6) is 2.39. The number of carbonyl (C=O) groups excluding carboxylic acids is 1. The summed E-state index contributed by atoms with van der Waals surface area (Å²) >= 11 is 0. The van der Waals surface area contributed by atoms with Gasteiger partial charge in [0.15, 0.2) is 0 Å². The van der Waals surface area contributed by atoms with Crippen molar-refractivity contribution in [3.8, 4) is 12.3 Å². The molecular formula is C16H18N4O2. The fourth-order valence-corrected chi connectivity index (χ4v) is 3.00. The van der Waals surface area contributed by atoms with Crippen LogP contribution in [0.15, 0.2) is 29.1 Å². The van der Waals surface area contributed by atoms with Crippen molar-refractivity contribution in [1.82, 2.24) is 19.8 Å². The number of hydrogen-bond acceptors (Lipinski definition) is 2. The Kier molecular flexibility index (Phi) is 3.88. The maximum atomic E-state index is 12.2. The Bertz CT molecular complexity index is 775. The topological polar surface area (TPSA) is 70.1 Å². The van der Waals surface area contributed by atoms with Gasteiger partial charge < -0.3 is 15.2 Å². The third kappa shape index (κ3) is 2.58. The van der Waals surface area contributed by atoms with E-state index in [0.29, 0.717) is 13.1 Å². The molecular weight excluding hydrogens is 280 g/mol. The summed E-state index contributed by atoms with van der Waals surface area (Å²) < 4.78 is 1.81. The van der Waals surface area contributed by atoms with E-state index in [1.807, 2.05) is 28.8 Å². The number of aromatic amines is 1. The molecule has 1 saturated heterocycles. The number of carbonyl (C=O) groups is 1. The zero-order chi connectivity index (χ0) is 15.5. The van der Waals surface area contributed by atoms with Crippen LogP contribution in [-0.4, -0.2) is 40.1 Å². The molecule has 22 heavy (non-hydrogen) atoms. The van der Waals surface area contributed by atoms with E-state index >= 15 is 0 Å². The van der Waals surface area contributed by atoms with E-state index in [-0.39, 0.29) is 24.3 Å². The average molecular weight is 298 g/mol. The number of likely N-dealkylation sites (tertiary alicyclic amines) is 1. The number of piperidine rings is 1. The Morgan fingerprint density at radius 3 is 2.82 bits per heavy atom. The molecule has 1 aliphatic heterocycles. The number of nitrogens with one attached hydrogen (secondary N) is 2. The molecule has 2 aromatic rings. The summed E-state index contributed by atoms with van der Waals surface area (Å²) in [6.07, 6.45) is 6.65. The van der Waals surface area contributed by atoms with Gasteiger partial charge >= 0.3 is 11.7 Å². The van der Waals surface area contributed by atoms with Gasteiger partial charge in [0.05, 0.1) is 17.6 Å². The van der Waals surface area contributed by atoms with Crippen LogP contribution in [0, 0.1) is 12.3 Å². The minimum Gasteiger partial charge on any atom is -0.327 e. The first-order valence-corrected chi connectivity index (χ1v) is 7.36. The van der Waals surface area contributed by atoms with Crippen molar-refractivity contribution in [2.45, 2.75) is 18.9 Å². The van der Waals surface area contributed by atoms with Gasteiger partial charge in [0.25, 0.3) is 0 Å². The highest BCUT2D eigenvalue weighted by Gasteiger charge is 2.25. The highest BCUT2D eigenvalue weighted by molar-refractivity contribution is 5.75. The highest BCUT2D eigenvalue weighted by atomic mass is 16.2. The van der Waals surface area contributed by atoms with E-state index in [1.165, 1.54) is 0 Å². The molecule has 0 unspecified atom stereocenters. The molecule has 2 amide bonds. The van der Waals surface area contributed by atoms with E-state index in [1.54, 1.807) is 4.90 Å². The molecule has 0 radical (unpaired) electrons. The molecule has 0 bridgehead atoms. The maximum Gasteiger partial charge on any atom is 0.326 e. The van der Waals surface area contributed by atoms with Crippen molar-refractivity contribution in [3.05, 3.63) is 34.7 Å². The summed E-state index contributed by atoms with van der Waals surface area (Å²) in [5, 5.41) is 2.67. The quantitative estimate of drug-likeness (QED) is 0.821. The zero-order valence-corrected chi connectivity index (χ0v) is 12.2. The monoisotopic (exact) mass is 298 g/mol. The Morgan fingerprint density at radius 2 is 2.09 bits per heavy atom. The Balaban J connectivity index is 1.73. The number of hydrogen-bond donors (Lipinski definition) is 2. The first kappa shape index (κ1) is 14.3. The predicted molar refractivity (Wildman–Crippen MR) is 84.6 cm³/mol. The van der Waals surface area contributed by atoms with Crippen LogP contribution in [0.25, 0.3) is 11.0 Å². The SMILES string of the molecule is C#CCNC(=O)N1CCC(n2c(=O)[nH]c3ccccc32)CC1. The molecule has 0 spiro atoms. The second kappa shape index (κ2) is 5.98. The maximum absolute atomic E-state index is 12.2. The Labute approximate surface area is 128 Å². The number of H-pyrrole nitrogens is 1. The van der Waals surface area contributed by atoms with Gasteiger partial charge in [-0.05, 0) is 25.0 Å². The van der Waals surface area contributed by atoms with Crippen molar-refractivity contribution >= 4 is 17.1 Å². The summed E-state index contributed by atoms with van der Waals surface area (Å²) in [6.45, 7) is 1.47. The smallest absolute Gasteiger partial charge is 0.326 e. The second-order valence-electron chi connectivity index (χ2n) is 5.40. The first-order valence-electron chi connectivity index (χ1n) is 7.36. The van der Waals surface area contributed by atoms with Gasteiger partial charge in [-0.1, -0.05) is 18.1 Å². The van der Waals surface area contributed by atoms with Crippen molar-refractivity contribution in [2.24, 2.45) is 0 Å². The number of fused-ring (bicyclic) bond motifs is 1. The van der Waals surface area contributed by atoms with Crippen LogP contribution >= 0.6 is 0 Å². The van der Waals surface area contributed by atoms with E-state index in [4.69, 9.17) is 6.42 Å². The number of benzene rings is 1. The number of urea groups is 1. The van der Waals surface area contributed by atoms with Gasteiger partial charge in [0.1, 0.15) is 0 Å².